The first-order valence-electron chi connectivity index (χ1n) is 5.65. The number of Topliss-reactive ketones (excluding diaryl/α,β-unsaturated/α-hetero) is 1. The van der Waals surface area contributed by atoms with E-state index in [-0.39, 0.29) is 36.9 Å². The maximum absolute atomic E-state index is 11.8. The summed E-state index contributed by atoms with van der Waals surface area (Å²) >= 11 is 0. The first-order valence-corrected chi connectivity index (χ1v) is 5.65. The third-order valence-electron chi connectivity index (χ3n) is 2.47. The number of likely N-dealkylation sites (N-methyl/N-ethyl adjacent to an activating group) is 1. The molecule has 19 heavy (non-hydrogen) atoms. The fraction of sp³-hybridized carbons (Fsp3) is 0.545. The lowest BCUT2D eigenvalue weighted by Gasteiger charge is -2.18. The van der Waals surface area contributed by atoms with Gasteiger partial charge in [-0.05, 0) is 7.05 Å². The fourth-order valence-corrected chi connectivity index (χ4v) is 1.65. The van der Waals surface area contributed by atoms with Crippen LogP contribution in [-0.4, -0.2) is 65.7 Å². The topological polar surface area (TPSA) is 109 Å². The summed E-state index contributed by atoms with van der Waals surface area (Å²) in [6, 6.07) is 1.20. The van der Waals surface area contributed by atoms with E-state index in [1.54, 1.807) is 11.9 Å². The van der Waals surface area contributed by atoms with Crippen molar-refractivity contribution in [2.45, 2.75) is 6.10 Å². The van der Waals surface area contributed by atoms with Crippen LogP contribution in [0.4, 0.5) is 5.69 Å². The van der Waals surface area contributed by atoms with E-state index in [1.165, 1.54) is 19.4 Å². The maximum atomic E-state index is 11.8. The summed E-state index contributed by atoms with van der Waals surface area (Å²) in [5.74, 6) is -0.278. The second-order valence-electron chi connectivity index (χ2n) is 4.26. The normalized spacial score (nSPS) is 12.6. The van der Waals surface area contributed by atoms with E-state index in [2.05, 4.69) is 4.98 Å². The van der Waals surface area contributed by atoms with Gasteiger partial charge in [-0.15, -0.1) is 0 Å². The van der Waals surface area contributed by atoms with Crippen LogP contribution in [0.15, 0.2) is 12.3 Å². The Morgan fingerprint density at radius 2 is 2.37 bits per heavy atom. The zero-order chi connectivity index (χ0) is 14.4. The molecule has 8 heteroatoms. The molecular formula is C11H17N3O5. The van der Waals surface area contributed by atoms with Crippen LogP contribution >= 0.6 is 0 Å². The highest BCUT2D eigenvalue weighted by Crippen LogP contribution is 2.12. The molecule has 1 atom stereocenters. The van der Waals surface area contributed by atoms with Gasteiger partial charge in [-0.2, -0.15) is 0 Å². The lowest BCUT2D eigenvalue weighted by atomic mass is 10.2. The minimum absolute atomic E-state index is 0.0540. The summed E-state index contributed by atoms with van der Waals surface area (Å²) in [6.07, 6.45) is 0.494. The molecule has 1 rings (SSSR count). The summed E-state index contributed by atoms with van der Waals surface area (Å²) in [5, 5.41) is 20.0. The Morgan fingerprint density at radius 3 is 2.89 bits per heavy atom. The Kier molecular flexibility index (Phi) is 5.61. The molecule has 0 aliphatic rings. The first-order chi connectivity index (χ1) is 8.93. The molecule has 1 heterocycles. The number of ketones is 1. The smallest absolute Gasteiger partial charge is 0.287 e. The van der Waals surface area contributed by atoms with Crippen molar-refractivity contribution < 1.29 is 19.6 Å². The SMILES string of the molecule is COCC(O)CN(C)CC(=O)c1cc([N+](=O)[O-])c[nH]1. The number of hydrogen-bond acceptors (Lipinski definition) is 6. The Hall–Kier alpha value is -1.77. The molecule has 1 aromatic rings. The number of aromatic nitrogens is 1. The lowest BCUT2D eigenvalue weighted by Crippen LogP contribution is -2.35. The highest BCUT2D eigenvalue weighted by atomic mass is 16.6. The average Bonchev–Trinajstić information content (AvgIpc) is 2.77. The molecule has 8 nitrogen and oxygen atoms in total. The standard InChI is InChI=1S/C11H17N3O5/c1-13(5-9(15)7-19-2)6-11(16)10-3-8(4-12-10)14(17)18/h3-4,9,12,15H,5-7H2,1-2H3. The van der Waals surface area contributed by atoms with Crippen LogP contribution in [0.1, 0.15) is 10.5 Å². The van der Waals surface area contributed by atoms with Crippen molar-refractivity contribution >= 4 is 11.5 Å². The van der Waals surface area contributed by atoms with Gasteiger partial charge in [0.1, 0.15) is 0 Å². The number of carbonyl (C=O) groups excluding carboxylic acids is 1. The molecule has 0 aliphatic carbocycles. The van der Waals surface area contributed by atoms with Crippen molar-refractivity contribution in [2.24, 2.45) is 0 Å². The summed E-state index contributed by atoms with van der Waals surface area (Å²) in [6.45, 7) is 0.521. The summed E-state index contributed by atoms with van der Waals surface area (Å²) in [7, 11) is 3.15. The van der Waals surface area contributed by atoms with Crippen LogP contribution < -0.4 is 0 Å². The number of methoxy groups -OCH3 is 1. The largest absolute Gasteiger partial charge is 0.389 e. The molecule has 0 bridgehead atoms. The third-order valence-corrected chi connectivity index (χ3v) is 2.47. The van der Waals surface area contributed by atoms with E-state index >= 15 is 0 Å². The van der Waals surface area contributed by atoms with E-state index in [9.17, 15) is 20.0 Å². The Morgan fingerprint density at radius 1 is 1.68 bits per heavy atom. The van der Waals surface area contributed by atoms with Crippen molar-refractivity contribution in [2.75, 3.05) is 33.9 Å². The molecule has 1 unspecified atom stereocenters. The van der Waals surface area contributed by atoms with Gasteiger partial charge in [0.15, 0.2) is 5.78 Å². The number of aliphatic hydroxyl groups excluding tert-OH is 1. The molecule has 0 saturated heterocycles. The zero-order valence-corrected chi connectivity index (χ0v) is 10.8. The van der Waals surface area contributed by atoms with Crippen molar-refractivity contribution in [3.05, 3.63) is 28.1 Å². The summed E-state index contributed by atoms with van der Waals surface area (Å²) < 4.78 is 4.78. The third kappa shape index (κ3) is 4.78. The van der Waals surface area contributed by atoms with Crippen LogP contribution in [0.25, 0.3) is 0 Å². The number of nitrogens with one attached hydrogen (secondary N) is 1. The van der Waals surface area contributed by atoms with Gasteiger partial charge in [-0.1, -0.05) is 0 Å². The number of ether oxygens (including phenoxy) is 1. The lowest BCUT2D eigenvalue weighted by molar-refractivity contribution is -0.384. The number of H-pyrrole nitrogens is 1. The van der Waals surface area contributed by atoms with Gasteiger partial charge < -0.3 is 14.8 Å². The minimum atomic E-state index is -0.680. The molecule has 0 saturated carbocycles. The number of aliphatic hydroxyl groups is 1. The number of nitro groups is 1. The number of hydrogen-bond donors (Lipinski definition) is 2. The highest BCUT2D eigenvalue weighted by Gasteiger charge is 2.17. The van der Waals surface area contributed by atoms with Crippen LogP contribution in [0.5, 0.6) is 0 Å². The van der Waals surface area contributed by atoms with Gasteiger partial charge in [-0.25, -0.2) is 0 Å². The maximum Gasteiger partial charge on any atom is 0.287 e. The minimum Gasteiger partial charge on any atom is -0.389 e. The molecule has 0 aromatic carbocycles. The molecule has 0 spiro atoms. The van der Waals surface area contributed by atoms with Crippen LogP contribution in [0.2, 0.25) is 0 Å². The van der Waals surface area contributed by atoms with Crippen molar-refractivity contribution in [1.82, 2.24) is 9.88 Å². The quantitative estimate of drug-likeness (QED) is 0.392. The Bertz CT molecular complexity index is 445. The molecule has 1 aromatic heterocycles. The Balaban J connectivity index is 2.51. The number of nitrogens with zero attached hydrogens (tertiary/aromatic N) is 2. The number of carbonyl (C=O) groups is 1. The Labute approximate surface area is 110 Å². The molecule has 0 radical (unpaired) electrons. The number of aromatic amines is 1. The zero-order valence-electron chi connectivity index (χ0n) is 10.8. The molecular weight excluding hydrogens is 254 g/mol. The van der Waals surface area contributed by atoms with Gasteiger partial charge >= 0.3 is 0 Å². The van der Waals surface area contributed by atoms with Gasteiger partial charge in [0, 0.05) is 19.7 Å². The van der Waals surface area contributed by atoms with Gasteiger partial charge in [-0.3, -0.25) is 19.8 Å². The average molecular weight is 271 g/mol. The fourth-order valence-electron chi connectivity index (χ4n) is 1.65. The van der Waals surface area contributed by atoms with Gasteiger partial charge in [0.25, 0.3) is 5.69 Å². The summed E-state index contributed by atoms with van der Waals surface area (Å²) in [4.78, 5) is 25.9. The van der Waals surface area contributed by atoms with Crippen LogP contribution in [0, 0.1) is 10.1 Å². The molecule has 2 N–H and O–H groups in total. The predicted molar refractivity (Wildman–Crippen MR) is 67.2 cm³/mol. The van der Waals surface area contributed by atoms with Crippen molar-refractivity contribution in [1.29, 1.82) is 0 Å². The molecule has 106 valence electrons. The van der Waals surface area contributed by atoms with Gasteiger partial charge in [0.05, 0.1) is 36.1 Å². The highest BCUT2D eigenvalue weighted by molar-refractivity contribution is 5.96. The van der Waals surface area contributed by atoms with E-state index < -0.39 is 11.0 Å². The van der Waals surface area contributed by atoms with E-state index in [0.29, 0.717) is 0 Å². The van der Waals surface area contributed by atoms with Crippen LogP contribution in [-0.2, 0) is 4.74 Å². The van der Waals surface area contributed by atoms with E-state index in [0.717, 1.165) is 0 Å². The first kappa shape index (κ1) is 15.3. The molecule has 0 fully saturated rings. The van der Waals surface area contributed by atoms with E-state index in [1.807, 2.05) is 0 Å². The summed E-state index contributed by atoms with van der Waals surface area (Å²) in [5.41, 5.74) is 0.0326. The molecule has 0 amide bonds. The van der Waals surface area contributed by atoms with Gasteiger partial charge in [0.2, 0.25) is 0 Å². The van der Waals surface area contributed by atoms with E-state index in [4.69, 9.17) is 4.74 Å². The van der Waals surface area contributed by atoms with Crippen LogP contribution in [0.3, 0.4) is 0 Å². The number of rotatable bonds is 8. The molecule has 0 aliphatic heterocycles. The monoisotopic (exact) mass is 271 g/mol. The van der Waals surface area contributed by atoms with Crippen molar-refractivity contribution in [3.8, 4) is 0 Å². The predicted octanol–water partition coefficient (Wildman–Crippen LogP) is 0.0447. The second kappa shape index (κ2) is 6.98. The second-order valence-corrected chi connectivity index (χ2v) is 4.26. The van der Waals surface area contributed by atoms with Crippen molar-refractivity contribution in [3.63, 3.8) is 0 Å².